The highest BCUT2D eigenvalue weighted by atomic mass is 35.5. The maximum absolute atomic E-state index is 12.8. The molecule has 2 aromatic carbocycles. The van der Waals surface area contributed by atoms with Gasteiger partial charge in [0.25, 0.3) is 0 Å². The zero-order chi connectivity index (χ0) is 23.4. The fourth-order valence-corrected chi connectivity index (χ4v) is 4.85. The number of carbonyl (C=O) groups excluding carboxylic acids is 3. The topological polar surface area (TPSA) is 79.0 Å². The van der Waals surface area contributed by atoms with Crippen molar-refractivity contribution in [3.63, 3.8) is 0 Å². The molecule has 7 nitrogen and oxygen atoms in total. The van der Waals surface area contributed by atoms with Crippen LogP contribution in [0.25, 0.3) is 0 Å². The van der Waals surface area contributed by atoms with Crippen LogP contribution in [0.3, 0.4) is 0 Å². The van der Waals surface area contributed by atoms with Gasteiger partial charge in [-0.15, -0.1) is 0 Å². The predicted octanol–water partition coefficient (Wildman–Crippen LogP) is 3.29. The molecule has 0 spiro atoms. The summed E-state index contributed by atoms with van der Waals surface area (Å²) in [5, 5.41) is 3.46. The number of methoxy groups -OCH3 is 1. The molecular formula is C25H28ClN3O4. The molecule has 0 radical (unpaired) electrons. The van der Waals surface area contributed by atoms with Crippen molar-refractivity contribution in [1.82, 2.24) is 9.80 Å². The molecule has 2 heterocycles. The van der Waals surface area contributed by atoms with Crippen molar-refractivity contribution >= 4 is 35.1 Å². The molecule has 1 N–H and O–H groups in total. The van der Waals surface area contributed by atoms with Crippen molar-refractivity contribution < 1.29 is 19.1 Å². The van der Waals surface area contributed by atoms with Crippen LogP contribution in [0.5, 0.6) is 0 Å². The number of hydrogen-bond acceptors (Lipinski definition) is 5. The molecule has 1 saturated heterocycles. The molecule has 0 aromatic heterocycles. The van der Waals surface area contributed by atoms with E-state index in [-0.39, 0.29) is 23.7 Å². The van der Waals surface area contributed by atoms with E-state index >= 15 is 0 Å². The Morgan fingerprint density at radius 3 is 2.52 bits per heavy atom. The smallest absolute Gasteiger partial charge is 0.327 e. The zero-order valence-corrected chi connectivity index (χ0v) is 19.4. The minimum Gasteiger partial charge on any atom is -0.468 e. The number of fused-ring (bicyclic) bond motifs is 1. The molecule has 2 aromatic rings. The van der Waals surface area contributed by atoms with Gasteiger partial charge in [0.05, 0.1) is 7.11 Å². The third kappa shape index (κ3) is 5.20. The number of ether oxygens (including phenoxy) is 1. The van der Waals surface area contributed by atoms with E-state index < -0.39 is 6.04 Å². The lowest BCUT2D eigenvalue weighted by atomic mass is 9.89. The number of piperazine rings is 1. The summed E-state index contributed by atoms with van der Waals surface area (Å²) in [4.78, 5) is 41.6. The Morgan fingerprint density at radius 2 is 1.79 bits per heavy atom. The average molecular weight is 470 g/mol. The third-order valence-electron chi connectivity index (χ3n) is 6.48. The van der Waals surface area contributed by atoms with Gasteiger partial charge in [-0.2, -0.15) is 0 Å². The summed E-state index contributed by atoms with van der Waals surface area (Å²) in [5.41, 5.74) is 2.67. The molecule has 33 heavy (non-hydrogen) atoms. The molecule has 0 aliphatic carbocycles. The van der Waals surface area contributed by atoms with Crippen molar-refractivity contribution in [3.05, 3.63) is 64.7 Å². The first kappa shape index (κ1) is 23.3. The number of hydrogen-bond donors (Lipinski definition) is 1. The van der Waals surface area contributed by atoms with Gasteiger partial charge in [-0.05, 0) is 36.1 Å². The molecule has 4 rings (SSSR count). The Morgan fingerprint density at radius 1 is 1.09 bits per heavy atom. The zero-order valence-electron chi connectivity index (χ0n) is 18.6. The lowest BCUT2D eigenvalue weighted by Gasteiger charge is -2.38. The second-order valence-electron chi connectivity index (χ2n) is 8.45. The number of anilines is 1. The Kier molecular flexibility index (Phi) is 7.30. The van der Waals surface area contributed by atoms with Gasteiger partial charge in [0.15, 0.2) is 0 Å². The van der Waals surface area contributed by atoms with Crippen molar-refractivity contribution in [3.8, 4) is 0 Å². The van der Waals surface area contributed by atoms with Crippen LogP contribution in [-0.4, -0.2) is 60.9 Å². The van der Waals surface area contributed by atoms with E-state index in [9.17, 15) is 14.4 Å². The van der Waals surface area contributed by atoms with Crippen LogP contribution in [0, 0.1) is 5.92 Å². The number of para-hydroxylation sites is 1. The molecule has 0 bridgehead atoms. The second-order valence-corrected chi connectivity index (χ2v) is 8.86. The largest absolute Gasteiger partial charge is 0.468 e. The maximum atomic E-state index is 12.8. The first-order valence-corrected chi connectivity index (χ1v) is 11.6. The van der Waals surface area contributed by atoms with Crippen LogP contribution >= 0.6 is 11.6 Å². The summed E-state index contributed by atoms with van der Waals surface area (Å²) in [6, 6.07) is 14.4. The Hall–Kier alpha value is -2.90. The predicted molar refractivity (Wildman–Crippen MR) is 126 cm³/mol. The number of rotatable bonds is 6. The standard InChI is InChI=1S/C25H28ClN3O4/c1-33-25(32)23(19-7-3-4-8-20(19)26)29-14-12-28(13-15-29)22(30)11-10-18-16-17-6-2-5-9-21(17)27-24(18)31/h2-9,18,23H,10-16H2,1H3,(H,27,31)/t18-,23+/m0/s1. The van der Waals surface area contributed by atoms with Crippen molar-refractivity contribution in [2.75, 3.05) is 38.6 Å². The van der Waals surface area contributed by atoms with Crippen LogP contribution in [0.15, 0.2) is 48.5 Å². The normalized spacial score (nSPS) is 19.4. The van der Waals surface area contributed by atoms with E-state index in [4.69, 9.17) is 16.3 Å². The third-order valence-corrected chi connectivity index (χ3v) is 6.82. The monoisotopic (exact) mass is 469 g/mol. The summed E-state index contributed by atoms with van der Waals surface area (Å²) >= 11 is 6.35. The minimum atomic E-state index is -0.605. The van der Waals surface area contributed by atoms with E-state index in [1.54, 1.807) is 6.07 Å². The highest BCUT2D eigenvalue weighted by molar-refractivity contribution is 6.31. The van der Waals surface area contributed by atoms with Crippen LogP contribution in [-0.2, 0) is 25.5 Å². The number of esters is 1. The van der Waals surface area contributed by atoms with Crippen molar-refractivity contribution in [2.24, 2.45) is 5.92 Å². The molecule has 2 aliphatic rings. The first-order chi connectivity index (χ1) is 16.0. The molecule has 8 heteroatoms. The van der Waals surface area contributed by atoms with Gasteiger partial charge in [-0.1, -0.05) is 48.0 Å². The molecule has 2 atom stereocenters. The molecule has 2 aliphatic heterocycles. The van der Waals surface area contributed by atoms with Gasteiger partial charge >= 0.3 is 5.97 Å². The number of benzene rings is 2. The number of carbonyl (C=O) groups is 3. The van der Waals surface area contributed by atoms with Gasteiger partial charge in [0, 0.05) is 49.2 Å². The Labute approximate surface area is 198 Å². The molecule has 174 valence electrons. The number of nitrogens with zero attached hydrogens (tertiary/aromatic N) is 2. The summed E-state index contributed by atoms with van der Waals surface area (Å²) in [6.45, 7) is 2.09. The fourth-order valence-electron chi connectivity index (χ4n) is 4.61. The van der Waals surface area contributed by atoms with E-state index in [1.165, 1.54) is 7.11 Å². The number of amides is 2. The molecule has 0 unspecified atom stereocenters. The SMILES string of the molecule is COC(=O)[C@@H](c1ccccc1Cl)N1CCN(C(=O)CC[C@H]2Cc3ccccc3NC2=O)CC1. The van der Waals surface area contributed by atoms with Crippen LogP contribution < -0.4 is 5.32 Å². The van der Waals surface area contributed by atoms with Gasteiger partial charge in [0.1, 0.15) is 6.04 Å². The minimum absolute atomic E-state index is 0.0213. The Bertz CT molecular complexity index is 1040. The molecule has 2 amide bonds. The summed E-state index contributed by atoms with van der Waals surface area (Å²) in [5.74, 6) is -0.554. The highest BCUT2D eigenvalue weighted by Gasteiger charge is 2.34. The second kappa shape index (κ2) is 10.4. The quantitative estimate of drug-likeness (QED) is 0.657. The van der Waals surface area contributed by atoms with Gasteiger partial charge in [0.2, 0.25) is 11.8 Å². The summed E-state index contributed by atoms with van der Waals surface area (Å²) in [7, 11) is 1.37. The Balaban J connectivity index is 1.33. The van der Waals surface area contributed by atoms with E-state index in [2.05, 4.69) is 5.32 Å². The van der Waals surface area contributed by atoms with Crippen LogP contribution in [0.1, 0.15) is 30.0 Å². The average Bonchev–Trinajstić information content (AvgIpc) is 2.84. The van der Waals surface area contributed by atoms with Gasteiger partial charge in [-0.3, -0.25) is 14.5 Å². The number of halogens is 1. The first-order valence-electron chi connectivity index (χ1n) is 11.2. The molecular weight excluding hydrogens is 442 g/mol. The summed E-state index contributed by atoms with van der Waals surface area (Å²) in [6.07, 6.45) is 1.50. The lowest BCUT2D eigenvalue weighted by molar-refractivity contribution is -0.148. The van der Waals surface area contributed by atoms with Crippen molar-refractivity contribution in [2.45, 2.75) is 25.3 Å². The highest BCUT2D eigenvalue weighted by Crippen LogP contribution is 2.30. The molecule has 1 fully saturated rings. The molecule has 0 saturated carbocycles. The van der Waals surface area contributed by atoms with Gasteiger partial charge in [-0.25, -0.2) is 4.79 Å². The van der Waals surface area contributed by atoms with E-state index in [0.717, 1.165) is 11.3 Å². The summed E-state index contributed by atoms with van der Waals surface area (Å²) < 4.78 is 5.03. The van der Waals surface area contributed by atoms with Crippen LogP contribution in [0.4, 0.5) is 5.69 Å². The fraction of sp³-hybridized carbons (Fsp3) is 0.400. The van der Waals surface area contributed by atoms with E-state index in [0.29, 0.717) is 56.0 Å². The number of nitrogens with one attached hydrogen (secondary N) is 1. The maximum Gasteiger partial charge on any atom is 0.327 e. The van der Waals surface area contributed by atoms with Crippen molar-refractivity contribution in [1.29, 1.82) is 0 Å². The van der Waals surface area contributed by atoms with Gasteiger partial charge < -0.3 is 15.0 Å². The van der Waals surface area contributed by atoms with E-state index in [1.807, 2.05) is 52.3 Å². The van der Waals surface area contributed by atoms with Crippen LogP contribution in [0.2, 0.25) is 5.02 Å². The lowest BCUT2D eigenvalue weighted by Crippen LogP contribution is -2.51.